The molecule has 0 saturated heterocycles. The van der Waals surface area contributed by atoms with Crippen LogP contribution in [0.5, 0.6) is 0 Å². The van der Waals surface area contributed by atoms with Crippen LogP contribution in [0.15, 0.2) is 0 Å². The van der Waals surface area contributed by atoms with Crippen molar-refractivity contribution < 1.29 is 19.3 Å². The Bertz CT molecular complexity index is 181. The standard InChI is InChI=1S/C5H11O.C4H6F3.O.Sn/c1-2-3-4-5-6;1-3(6)4(7)2-5;;/h2-5H2,1H3;3-4H,1-2H2;;/q-1;;;+1. The summed E-state index contributed by atoms with van der Waals surface area (Å²) in [4.78, 5) is 0. The Kier molecular flexibility index (Phi) is 9.79. The number of hydrogen-bond acceptors (Lipinski definition) is 2. The zero-order valence-electron chi connectivity index (χ0n) is 8.85. The van der Waals surface area contributed by atoms with Gasteiger partial charge in [0.25, 0.3) is 0 Å². The Balaban J connectivity index is 3.55. The molecule has 2 atom stereocenters. The summed E-state index contributed by atoms with van der Waals surface area (Å²) < 4.78 is 52.6. The van der Waals surface area contributed by atoms with Crippen LogP contribution in [0.2, 0.25) is 4.44 Å². The van der Waals surface area contributed by atoms with Crippen LogP contribution >= 0.6 is 0 Å². The maximum absolute atomic E-state index is 12.8. The van der Waals surface area contributed by atoms with Crippen LogP contribution in [-0.2, 0) is 6.15 Å². The molecule has 0 aliphatic rings. The summed E-state index contributed by atoms with van der Waals surface area (Å²) in [5, 5.41) is 0. The average Bonchev–Trinajstić information content (AvgIpc) is 2.23. The molecule has 0 heterocycles. The molecule has 0 N–H and O–H groups in total. The third-order valence-electron chi connectivity index (χ3n) is 1.91. The van der Waals surface area contributed by atoms with Gasteiger partial charge in [0.05, 0.1) is 0 Å². The van der Waals surface area contributed by atoms with Gasteiger partial charge in [0.1, 0.15) is 0 Å². The Morgan fingerprint density at radius 2 is 1.93 bits per heavy atom. The van der Waals surface area contributed by atoms with E-state index in [2.05, 4.69) is 0 Å². The first kappa shape index (κ1) is 15.3. The third-order valence-corrected chi connectivity index (χ3v) is 5.48. The number of unbranched alkanes of at least 4 members (excludes halogenated alkanes) is 2. The van der Waals surface area contributed by atoms with Crippen LogP contribution in [0, 0.1) is 0 Å². The molecule has 2 unspecified atom stereocenters. The van der Waals surface area contributed by atoms with Crippen molar-refractivity contribution in [2.45, 2.75) is 43.0 Å². The van der Waals surface area contributed by atoms with E-state index in [9.17, 15) is 16.2 Å². The van der Waals surface area contributed by atoms with E-state index in [0.717, 1.165) is 19.3 Å². The van der Waals surface area contributed by atoms with Gasteiger partial charge in [-0.2, -0.15) is 0 Å². The SMILES string of the molecule is CCCCC[O][Sn](=[O])[CH2]C(F)C(F)CF. The van der Waals surface area contributed by atoms with E-state index in [-0.39, 0.29) is 0 Å². The molecule has 6 heteroatoms. The summed E-state index contributed by atoms with van der Waals surface area (Å²) in [7, 11) is 0. The minimum atomic E-state index is -3.45. The second-order valence-electron chi connectivity index (χ2n) is 3.32. The van der Waals surface area contributed by atoms with Crippen molar-refractivity contribution in [1.82, 2.24) is 0 Å². The number of rotatable bonds is 9. The molecule has 90 valence electrons. The molecule has 0 aliphatic heterocycles. The summed E-state index contributed by atoms with van der Waals surface area (Å²) in [6.07, 6.45) is -1.38. The van der Waals surface area contributed by atoms with E-state index < -0.39 is 43.6 Å². The molecule has 0 radical (unpaired) electrons. The molecule has 0 fully saturated rings. The third kappa shape index (κ3) is 8.19. The molecular formula is C9H17F3O2Sn. The monoisotopic (exact) mass is 334 g/mol. The Morgan fingerprint density at radius 1 is 1.27 bits per heavy atom. The first-order valence-electron chi connectivity index (χ1n) is 5.11. The van der Waals surface area contributed by atoms with Crippen LogP contribution in [-0.4, -0.2) is 45.8 Å². The Labute approximate surface area is 95.8 Å². The molecular weight excluding hydrogens is 316 g/mol. The zero-order chi connectivity index (χ0) is 11.7. The second kappa shape index (κ2) is 9.57. The van der Waals surface area contributed by atoms with Crippen LogP contribution in [0.4, 0.5) is 13.2 Å². The molecule has 0 aromatic carbocycles. The van der Waals surface area contributed by atoms with Gasteiger partial charge in [0.2, 0.25) is 0 Å². The minimum absolute atomic E-state index is 0.339. The molecule has 0 amide bonds. The molecule has 2 nitrogen and oxygen atoms in total. The number of hydrogen-bond donors (Lipinski definition) is 0. The van der Waals surface area contributed by atoms with E-state index in [1.165, 1.54) is 0 Å². The van der Waals surface area contributed by atoms with Crippen LogP contribution < -0.4 is 0 Å². The van der Waals surface area contributed by atoms with Gasteiger partial charge in [-0.05, 0) is 0 Å². The van der Waals surface area contributed by atoms with Gasteiger partial charge < -0.3 is 0 Å². The van der Waals surface area contributed by atoms with Crippen LogP contribution in [0.3, 0.4) is 0 Å². The van der Waals surface area contributed by atoms with Crippen molar-refractivity contribution in [1.29, 1.82) is 0 Å². The first-order chi connectivity index (χ1) is 7.11. The predicted octanol–water partition coefficient (Wildman–Crippen LogP) is 2.76. The summed E-state index contributed by atoms with van der Waals surface area (Å²) in [6.45, 7) is 0.988. The molecule has 0 aromatic rings. The predicted molar refractivity (Wildman–Crippen MR) is 52.5 cm³/mol. The number of halogens is 3. The molecule has 0 rings (SSSR count). The normalized spacial score (nSPS) is 14.9. The number of alkyl halides is 3. The Hall–Kier alpha value is 0.349. The van der Waals surface area contributed by atoms with Gasteiger partial charge in [0, 0.05) is 0 Å². The van der Waals surface area contributed by atoms with Gasteiger partial charge in [-0.3, -0.25) is 0 Å². The fraction of sp³-hybridized carbons (Fsp3) is 1.00. The summed E-state index contributed by atoms with van der Waals surface area (Å²) in [5.41, 5.74) is 0. The zero-order valence-corrected chi connectivity index (χ0v) is 11.7. The summed E-state index contributed by atoms with van der Waals surface area (Å²) >= 11 is -3.45. The Morgan fingerprint density at radius 3 is 2.47 bits per heavy atom. The van der Waals surface area contributed by atoms with Gasteiger partial charge in [-0.25, -0.2) is 0 Å². The first-order valence-corrected chi connectivity index (χ1v) is 9.46. The van der Waals surface area contributed by atoms with Gasteiger partial charge >= 0.3 is 95.7 Å². The maximum atomic E-state index is 12.8. The molecule has 0 bridgehead atoms. The van der Waals surface area contributed by atoms with Crippen molar-refractivity contribution in [2.24, 2.45) is 0 Å². The van der Waals surface area contributed by atoms with Crippen LogP contribution in [0.25, 0.3) is 0 Å². The van der Waals surface area contributed by atoms with Gasteiger partial charge in [-0.15, -0.1) is 0 Å². The molecule has 0 spiro atoms. The van der Waals surface area contributed by atoms with Crippen molar-refractivity contribution in [3.05, 3.63) is 0 Å². The molecule has 15 heavy (non-hydrogen) atoms. The van der Waals surface area contributed by atoms with Crippen molar-refractivity contribution >= 4 is 20.2 Å². The van der Waals surface area contributed by atoms with E-state index in [0.29, 0.717) is 6.61 Å². The fourth-order valence-corrected chi connectivity index (χ4v) is 4.02. The van der Waals surface area contributed by atoms with Crippen LogP contribution in [0.1, 0.15) is 26.2 Å². The van der Waals surface area contributed by atoms with E-state index in [4.69, 9.17) is 3.07 Å². The van der Waals surface area contributed by atoms with Crippen molar-refractivity contribution in [2.75, 3.05) is 13.3 Å². The topological polar surface area (TPSA) is 26.3 Å². The molecule has 0 saturated carbocycles. The van der Waals surface area contributed by atoms with Crippen molar-refractivity contribution in [3.8, 4) is 0 Å². The van der Waals surface area contributed by atoms with Gasteiger partial charge in [0.15, 0.2) is 0 Å². The average molecular weight is 333 g/mol. The second-order valence-corrected chi connectivity index (χ2v) is 7.43. The quantitative estimate of drug-likeness (QED) is 0.479. The summed E-state index contributed by atoms with van der Waals surface area (Å²) in [5.74, 6) is 0. The van der Waals surface area contributed by atoms with E-state index in [1.54, 1.807) is 0 Å². The van der Waals surface area contributed by atoms with E-state index in [1.807, 2.05) is 6.92 Å². The van der Waals surface area contributed by atoms with E-state index >= 15 is 0 Å². The fourth-order valence-electron chi connectivity index (χ4n) is 0.981. The molecule has 0 aliphatic carbocycles. The van der Waals surface area contributed by atoms with Crippen molar-refractivity contribution in [3.63, 3.8) is 0 Å². The molecule has 0 aromatic heterocycles. The summed E-state index contributed by atoms with van der Waals surface area (Å²) in [6, 6.07) is 0. The van der Waals surface area contributed by atoms with Gasteiger partial charge in [-0.1, -0.05) is 0 Å².